The van der Waals surface area contributed by atoms with Gasteiger partial charge in [-0.05, 0) is 68.3 Å². The third-order valence-corrected chi connectivity index (χ3v) is 6.11. The second-order valence-electron chi connectivity index (χ2n) is 8.21. The molecule has 0 aromatic heterocycles. The molecule has 0 spiro atoms. The highest BCUT2D eigenvalue weighted by Gasteiger charge is 2.40. The largest absolute Gasteiger partial charge is 0.497 e. The molecule has 0 bridgehead atoms. The average molecular weight is 452 g/mol. The number of carbonyl (C=O) groups excluding carboxylic acids is 3. The topological polar surface area (TPSA) is 88.2 Å². The van der Waals surface area contributed by atoms with Gasteiger partial charge in [-0.2, -0.15) is 0 Å². The smallest absolute Gasteiger partial charge is 0.253 e. The summed E-state index contributed by atoms with van der Waals surface area (Å²) < 4.78 is 10.6. The Balaban J connectivity index is 1.31. The van der Waals surface area contributed by atoms with E-state index in [1.807, 2.05) is 11.8 Å². The highest BCUT2D eigenvalue weighted by molar-refractivity contribution is 6.22. The number of nitrogens with zero attached hydrogens (tertiary/aromatic N) is 2. The predicted octanol–water partition coefficient (Wildman–Crippen LogP) is 2.62. The van der Waals surface area contributed by atoms with Crippen LogP contribution in [0, 0.1) is 0 Å². The number of carbonyl (C=O) groups is 3. The van der Waals surface area contributed by atoms with Gasteiger partial charge >= 0.3 is 0 Å². The number of imide groups is 1. The summed E-state index contributed by atoms with van der Waals surface area (Å²) in [5.41, 5.74) is 1.18. The number of methoxy groups -OCH3 is 1. The van der Waals surface area contributed by atoms with Crippen molar-refractivity contribution < 1.29 is 23.9 Å². The number of hydrogen-bond donors (Lipinski definition) is 1. The molecule has 174 valence electrons. The first kappa shape index (κ1) is 22.8. The molecule has 1 unspecified atom stereocenters. The van der Waals surface area contributed by atoms with Crippen molar-refractivity contribution in [2.45, 2.75) is 38.3 Å². The maximum Gasteiger partial charge on any atom is 0.253 e. The molecule has 0 radical (unpaired) electrons. The zero-order chi connectivity index (χ0) is 23.4. The van der Waals surface area contributed by atoms with Crippen molar-refractivity contribution in [1.29, 1.82) is 0 Å². The van der Waals surface area contributed by atoms with Gasteiger partial charge in [0.1, 0.15) is 11.5 Å². The van der Waals surface area contributed by atoms with Gasteiger partial charge in [-0.15, -0.1) is 0 Å². The van der Waals surface area contributed by atoms with Gasteiger partial charge in [-0.3, -0.25) is 14.4 Å². The molecule has 2 saturated heterocycles. The molecule has 4 rings (SSSR count). The fourth-order valence-corrected chi connectivity index (χ4v) is 4.34. The zero-order valence-electron chi connectivity index (χ0n) is 19.0. The molecular weight excluding hydrogens is 422 g/mol. The highest BCUT2D eigenvalue weighted by atomic mass is 16.5. The number of rotatable bonds is 7. The lowest BCUT2D eigenvalue weighted by molar-refractivity contribution is -0.121. The van der Waals surface area contributed by atoms with E-state index in [1.54, 1.807) is 55.6 Å². The second-order valence-corrected chi connectivity index (χ2v) is 8.21. The summed E-state index contributed by atoms with van der Waals surface area (Å²) in [7, 11) is 1.59. The molecule has 2 aliphatic heterocycles. The molecule has 2 aromatic carbocycles. The Kier molecular flexibility index (Phi) is 6.93. The number of likely N-dealkylation sites (tertiary alicyclic amines) is 1. The lowest BCUT2D eigenvalue weighted by Gasteiger charge is -2.33. The third-order valence-electron chi connectivity index (χ3n) is 6.11. The maximum absolute atomic E-state index is 12.9. The van der Waals surface area contributed by atoms with E-state index in [4.69, 9.17) is 9.47 Å². The van der Waals surface area contributed by atoms with Gasteiger partial charge in [0.2, 0.25) is 5.91 Å². The van der Waals surface area contributed by atoms with Crippen molar-refractivity contribution in [3.63, 3.8) is 0 Å². The second kappa shape index (κ2) is 10.0. The minimum Gasteiger partial charge on any atom is -0.497 e. The molecule has 8 heteroatoms. The van der Waals surface area contributed by atoms with Crippen LogP contribution < -0.4 is 19.7 Å². The molecule has 1 atom stereocenters. The average Bonchev–Trinajstić information content (AvgIpc) is 3.12. The molecule has 0 saturated carbocycles. The van der Waals surface area contributed by atoms with Crippen LogP contribution in [0.1, 0.15) is 36.5 Å². The SMILES string of the molecule is CCOc1ccc(N2C(=O)CC(NC3CCN(C(=O)c4ccc(OC)cc4)CC3)C2=O)cc1. The number of anilines is 1. The Labute approximate surface area is 193 Å². The minimum atomic E-state index is -0.544. The summed E-state index contributed by atoms with van der Waals surface area (Å²) in [6, 6.07) is 13.6. The van der Waals surface area contributed by atoms with Crippen LogP contribution in [0.2, 0.25) is 0 Å². The van der Waals surface area contributed by atoms with Crippen molar-refractivity contribution in [2.75, 3.05) is 31.7 Å². The Morgan fingerprint density at radius 2 is 1.64 bits per heavy atom. The molecule has 3 amide bonds. The first-order chi connectivity index (χ1) is 16.0. The lowest BCUT2D eigenvalue weighted by Crippen LogP contribution is -2.49. The summed E-state index contributed by atoms with van der Waals surface area (Å²) in [5, 5.41) is 3.35. The van der Waals surface area contributed by atoms with Crippen LogP contribution in [0.3, 0.4) is 0 Å². The zero-order valence-corrected chi connectivity index (χ0v) is 19.0. The summed E-state index contributed by atoms with van der Waals surface area (Å²) in [5.74, 6) is 0.954. The number of nitrogens with one attached hydrogen (secondary N) is 1. The number of amides is 3. The van der Waals surface area contributed by atoms with Crippen molar-refractivity contribution in [1.82, 2.24) is 10.2 Å². The molecule has 8 nitrogen and oxygen atoms in total. The summed E-state index contributed by atoms with van der Waals surface area (Å²) in [6.45, 7) is 3.65. The molecular formula is C25H29N3O5. The van der Waals surface area contributed by atoms with E-state index in [2.05, 4.69) is 5.32 Å². The molecule has 2 heterocycles. The van der Waals surface area contributed by atoms with Gasteiger partial charge in [-0.25, -0.2) is 4.90 Å². The Hall–Kier alpha value is -3.39. The van der Waals surface area contributed by atoms with Crippen LogP contribution in [-0.4, -0.2) is 61.5 Å². The van der Waals surface area contributed by atoms with Crippen molar-refractivity contribution in [3.8, 4) is 11.5 Å². The lowest BCUT2D eigenvalue weighted by atomic mass is 10.0. The fourth-order valence-electron chi connectivity index (χ4n) is 4.34. The predicted molar refractivity (Wildman–Crippen MR) is 124 cm³/mol. The summed E-state index contributed by atoms with van der Waals surface area (Å²) in [4.78, 5) is 41.3. The summed E-state index contributed by atoms with van der Waals surface area (Å²) >= 11 is 0. The number of ether oxygens (including phenoxy) is 2. The van der Waals surface area contributed by atoms with Crippen molar-refractivity contribution in [2.24, 2.45) is 0 Å². The summed E-state index contributed by atoms with van der Waals surface area (Å²) in [6.07, 6.45) is 1.59. The third kappa shape index (κ3) is 5.01. The molecule has 2 fully saturated rings. The van der Waals surface area contributed by atoms with Crippen molar-refractivity contribution >= 4 is 23.4 Å². The molecule has 33 heavy (non-hydrogen) atoms. The van der Waals surface area contributed by atoms with Gasteiger partial charge in [0.15, 0.2) is 0 Å². The van der Waals surface area contributed by atoms with Crippen LogP contribution in [0.4, 0.5) is 5.69 Å². The van der Waals surface area contributed by atoms with E-state index in [1.165, 1.54) is 4.90 Å². The van der Waals surface area contributed by atoms with E-state index in [-0.39, 0.29) is 30.2 Å². The maximum atomic E-state index is 12.9. The number of hydrogen-bond acceptors (Lipinski definition) is 6. The quantitative estimate of drug-likeness (QED) is 0.651. The van der Waals surface area contributed by atoms with Gasteiger partial charge in [0, 0.05) is 24.7 Å². The van der Waals surface area contributed by atoms with Crippen LogP contribution >= 0.6 is 0 Å². The Bertz CT molecular complexity index is 998. The van der Waals surface area contributed by atoms with Gasteiger partial charge < -0.3 is 19.7 Å². The molecule has 2 aliphatic rings. The molecule has 1 N–H and O–H groups in total. The monoisotopic (exact) mass is 451 g/mol. The number of benzene rings is 2. The van der Waals surface area contributed by atoms with Crippen LogP contribution in [0.5, 0.6) is 11.5 Å². The van der Waals surface area contributed by atoms with Gasteiger partial charge in [-0.1, -0.05) is 0 Å². The molecule has 0 aliphatic carbocycles. The minimum absolute atomic E-state index is 0.00935. The van der Waals surface area contributed by atoms with Crippen LogP contribution in [0.25, 0.3) is 0 Å². The van der Waals surface area contributed by atoms with Crippen LogP contribution in [-0.2, 0) is 9.59 Å². The fraction of sp³-hybridized carbons (Fsp3) is 0.400. The molecule has 2 aromatic rings. The Morgan fingerprint density at radius 1 is 1.00 bits per heavy atom. The van der Waals surface area contributed by atoms with E-state index < -0.39 is 6.04 Å². The van der Waals surface area contributed by atoms with Gasteiger partial charge in [0.25, 0.3) is 11.8 Å². The van der Waals surface area contributed by atoms with E-state index in [0.717, 1.165) is 12.8 Å². The first-order valence-electron chi connectivity index (χ1n) is 11.3. The van der Waals surface area contributed by atoms with E-state index >= 15 is 0 Å². The van der Waals surface area contributed by atoms with E-state index in [9.17, 15) is 14.4 Å². The van der Waals surface area contributed by atoms with Gasteiger partial charge in [0.05, 0.1) is 31.9 Å². The Morgan fingerprint density at radius 3 is 2.24 bits per heavy atom. The first-order valence-corrected chi connectivity index (χ1v) is 11.3. The van der Waals surface area contributed by atoms with Crippen molar-refractivity contribution in [3.05, 3.63) is 54.1 Å². The van der Waals surface area contributed by atoms with E-state index in [0.29, 0.717) is 42.4 Å². The highest BCUT2D eigenvalue weighted by Crippen LogP contribution is 2.26. The normalized spacial score (nSPS) is 19.2. The van der Waals surface area contributed by atoms with Crippen LogP contribution in [0.15, 0.2) is 48.5 Å². The standard InChI is InChI=1S/C25H29N3O5/c1-3-33-21-10-6-19(7-11-21)28-23(29)16-22(25(28)31)26-18-12-14-27(15-13-18)24(30)17-4-8-20(32-2)9-5-17/h4-11,18,22,26H,3,12-16H2,1-2H3. The number of piperidine rings is 1.